The largest absolute Gasteiger partial charge is 0.497 e. The normalized spacial score (nSPS) is 10.3. The Morgan fingerprint density at radius 1 is 0.917 bits per heavy atom. The zero-order chi connectivity index (χ0) is 26.2. The number of carbonyl (C=O) groups is 4. The van der Waals surface area contributed by atoms with Crippen LogP contribution in [0.2, 0.25) is 0 Å². The van der Waals surface area contributed by atoms with Crippen LogP contribution >= 0.6 is 11.3 Å². The first-order chi connectivity index (χ1) is 17.3. The van der Waals surface area contributed by atoms with Crippen molar-refractivity contribution in [3.05, 3.63) is 75.7 Å². The number of ether oxygens (including phenoxy) is 3. The second-order valence-electron chi connectivity index (χ2n) is 7.55. The number of esters is 2. The fourth-order valence-electron chi connectivity index (χ4n) is 3.43. The minimum Gasteiger partial charge on any atom is -0.497 e. The summed E-state index contributed by atoms with van der Waals surface area (Å²) in [7, 11) is 2.80. The summed E-state index contributed by atoms with van der Waals surface area (Å²) in [4.78, 5) is 50.9. The van der Waals surface area contributed by atoms with Crippen LogP contribution in [-0.4, -0.2) is 44.6 Å². The molecule has 0 fully saturated rings. The van der Waals surface area contributed by atoms with E-state index in [-0.39, 0.29) is 45.6 Å². The van der Waals surface area contributed by atoms with Gasteiger partial charge < -0.3 is 24.8 Å². The van der Waals surface area contributed by atoms with Gasteiger partial charge in [-0.2, -0.15) is 0 Å². The molecule has 2 N–H and O–H groups in total. The molecule has 10 heteroatoms. The second-order valence-corrected chi connectivity index (χ2v) is 8.57. The molecule has 0 aliphatic carbocycles. The van der Waals surface area contributed by atoms with E-state index in [2.05, 4.69) is 10.6 Å². The van der Waals surface area contributed by atoms with Gasteiger partial charge in [0.05, 0.1) is 48.9 Å². The minimum absolute atomic E-state index is 0.0528. The van der Waals surface area contributed by atoms with Crippen molar-refractivity contribution >= 4 is 45.8 Å². The van der Waals surface area contributed by atoms with E-state index in [9.17, 15) is 19.2 Å². The Bertz CT molecular complexity index is 1280. The Labute approximate surface area is 212 Å². The van der Waals surface area contributed by atoms with Gasteiger partial charge >= 0.3 is 11.9 Å². The number of hydrogen-bond donors (Lipinski definition) is 2. The van der Waals surface area contributed by atoms with Crippen LogP contribution in [0.15, 0.2) is 48.5 Å². The summed E-state index contributed by atoms with van der Waals surface area (Å²) in [5.41, 5.74) is 1.64. The van der Waals surface area contributed by atoms with Crippen molar-refractivity contribution in [1.29, 1.82) is 0 Å². The molecular weight excluding hydrogens is 484 g/mol. The number of benzene rings is 2. The summed E-state index contributed by atoms with van der Waals surface area (Å²) >= 11 is 0.952. The highest BCUT2D eigenvalue weighted by molar-refractivity contribution is 7.19. The molecule has 0 spiro atoms. The number of para-hydroxylation sites is 1. The quantitative estimate of drug-likeness (QED) is 0.408. The first-order valence-corrected chi connectivity index (χ1v) is 11.8. The molecule has 2 amide bonds. The molecule has 0 aliphatic rings. The van der Waals surface area contributed by atoms with Gasteiger partial charge in [0.2, 0.25) is 5.91 Å². The van der Waals surface area contributed by atoms with Crippen molar-refractivity contribution in [2.45, 2.75) is 20.3 Å². The van der Waals surface area contributed by atoms with E-state index in [1.807, 2.05) is 0 Å². The van der Waals surface area contributed by atoms with Crippen LogP contribution in [0.5, 0.6) is 5.75 Å². The maximum absolute atomic E-state index is 13.2. The molecule has 188 valence electrons. The zero-order valence-electron chi connectivity index (χ0n) is 20.3. The number of rotatable bonds is 9. The van der Waals surface area contributed by atoms with Crippen LogP contribution in [0.1, 0.15) is 48.4 Å². The molecule has 3 rings (SSSR count). The number of nitrogens with one attached hydrogen (secondary N) is 2. The van der Waals surface area contributed by atoms with Crippen molar-refractivity contribution in [2.24, 2.45) is 0 Å². The van der Waals surface area contributed by atoms with Crippen molar-refractivity contribution in [3.8, 4) is 5.75 Å². The first kappa shape index (κ1) is 26.4. The average molecular weight is 511 g/mol. The predicted octanol–water partition coefficient (Wildman–Crippen LogP) is 4.46. The summed E-state index contributed by atoms with van der Waals surface area (Å²) in [6, 6.07) is 13.4. The number of methoxy groups -OCH3 is 2. The van der Waals surface area contributed by atoms with Crippen molar-refractivity contribution in [2.75, 3.05) is 31.5 Å². The maximum Gasteiger partial charge on any atom is 0.341 e. The van der Waals surface area contributed by atoms with Crippen LogP contribution in [0.25, 0.3) is 0 Å². The van der Waals surface area contributed by atoms with Crippen LogP contribution < -0.4 is 15.4 Å². The van der Waals surface area contributed by atoms with Crippen LogP contribution in [-0.2, 0) is 20.7 Å². The smallest absolute Gasteiger partial charge is 0.341 e. The second kappa shape index (κ2) is 12.0. The molecule has 9 nitrogen and oxygen atoms in total. The Balaban J connectivity index is 1.88. The molecule has 0 bridgehead atoms. The van der Waals surface area contributed by atoms with E-state index in [0.717, 1.165) is 16.9 Å². The Kier molecular flexibility index (Phi) is 8.80. The van der Waals surface area contributed by atoms with Crippen molar-refractivity contribution < 1.29 is 33.4 Å². The lowest BCUT2D eigenvalue weighted by Crippen LogP contribution is -2.17. The van der Waals surface area contributed by atoms with Crippen molar-refractivity contribution in [3.63, 3.8) is 0 Å². The number of hydrogen-bond acceptors (Lipinski definition) is 8. The highest BCUT2D eigenvalue weighted by Gasteiger charge is 2.27. The Morgan fingerprint density at radius 2 is 1.61 bits per heavy atom. The molecule has 3 aromatic rings. The third-order valence-electron chi connectivity index (χ3n) is 5.19. The van der Waals surface area contributed by atoms with Gasteiger partial charge in [0.1, 0.15) is 10.8 Å². The van der Waals surface area contributed by atoms with Crippen molar-refractivity contribution in [1.82, 2.24) is 0 Å². The van der Waals surface area contributed by atoms with Gasteiger partial charge in [-0.3, -0.25) is 9.59 Å². The SMILES string of the molecule is CCOC(=O)c1c(NC(=O)Cc2ccc(OC)cc2)sc(C(=O)Nc2ccccc2C(=O)OC)c1C. The number of anilines is 2. The van der Waals surface area contributed by atoms with Gasteiger partial charge in [-0.15, -0.1) is 11.3 Å². The lowest BCUT2D eigenvalue weighted by Gasteiger charge is -2.09. The number of carbonyl (C=O) groups excluding carboxylic acids is 4. The monoisotopic (exact) mass is 510 g/mol. The summed E-state index contributed by atoms with van der Waals surface area (Å²) in [6.07, 6.45) is 0.0528. The molecule has 0 saturated carbocycles. The molecule has 36 heavy (non-hydrogen) atoms. The summed E-state index contributed by atoms with van der Waals surface area (Å²) in [5, 5.41) is 5.64. The van der Waals surface area contributed by atoms with E-state index in [1.165, 1.54) is 13.2 Å². The van der Waals surface area contributed by atoms with Crippen LogP contribution in [0.3, 0.4) is 0 Å². The number of amides is 2. The van der Waals surface area contributed by atoms with E-state index >= 15 is 0 Å². The van der Waals surface area contributed by atoms with Crippen LogP contribution in [0.4, 0.5) is 10.7 Å². The standard InChI is InChI=1S/C26H26N2O7S/c1-5-35-26(32)21-15(2)22(23(30)27-19-9-7-6-8-18(19)25(31)34-4)36-24(21)28-20(29)14-16-10-12-17(33-3)13-11-16/h6-13H,5,14H2,1-4H3,(H,27,30)(H,28,29). The lowest BCUT2D eigenvalue weighted by molar-refractivity contribution is -0.115. The van der Waals surface area contributed by atoms with Gasteiger partial charge in [-0.05, 0) is 49.2 Å². The van der Waals surface area contributed by atoms with Gasteiger partial charge in [-0.1, -0.05) is 24.3 Å². The molecule has 2 aromatic carbocycles. The fraction of sp³-hybridized carbons (Fsp3) is 0.231. The molecule has 0 saturated heterocycles. The summed E-state index contributed by atoms with van der Waals surface area (Å²) in [5.74, 6) is -1.50. The number of thiophene rings is 1. The topological polar surface area (TPSA) is 120 Å². The van der Waals surface area contributed by atoms with Gasteiger partial charge in [0.15, 0.2) is 0 Å². The van der Waals surface area contributed by atoms with E-state index in [0.29, 0.717) is 11.3 Å². The Morgan fingerprint density at radius 3 is 2.25 bits per heavy atom. The van der Waals surface area contributed by atoms with Gasteiger partial charge in [-0.25, -0.2) is 9.59 Å². The maximum atomic E-state index is 13.2. The minimum atomic E-state index is -0.653. The Hall–Kier alpha value is -4.18. The molecule has 0 radical (unpaired) electrons. The van der Waals surface area contributed by atoms with E-state index < -0.39 is 17.8 Å². The first-order valence-electron chi connectivity index (χ1n) is 11.0. The lowest BCUT2D eigenvalue weighted by atomic mass is 10.1. The molecule has 0 unspecified atom stereocenters. The summed E-state index contributed by atoms with van der Waals surface area (Å²) in [6.45, 7) is 3.39. The third kappa shape index (κ3) is 6.08. The highest BCUT2D eigenvalue weighted by atomic mass is 32.1. The molecule has 0 aliphatic heterocycles. The highest BCUT2D eigenvalue weighted by Crippen LogP contribution is 2.35. The van der Waals surface area contributed by atoms with E-state index in [4.69, 9.17) is 14.2 Å². The summed E-state index contributed by atoms with van der Waals surface area (Å²) < 4.78 is 15.1. The molecule has 1 aromatic heterocycles. The van der Waals surface area contributed by atoms with Gasteiger partial charge in [0, 0.05) is 0 Å². The van der Waals surface area contributed by atoms with Gasteiger partial charge in [0.25, 0.3) is 5.91 Å². The third-order valence-corrected chi connectivity index (χ3v) is 6.40. The molecule has 0 atom stereocenters. The van der Waals surface area contributed by atoms with Crippen LogP contribution in [0, 0.1) is 6.92 Å². The predicted molar refractivity (Wildman–Crippen MR) is 136 cm³/mol. The molecule has 1 heterocycles. The fourth-order valence-corrected chi connectivity index (χ4v) is 4.53. The zero-order valence-corrected chi connectivity index (χ0v) is 21.1. The average Bonchev–Trinajstić information content (AvgIpc) is 3.19. The molecular formula is C26H26N2O7S. The van der Waals surface area contributed by atoms with E-state index in [1.54, 1.807) is 63.4 Å².